The molecule has 158 valence electrons. The molecule has 0 saturated heterocycles. The van der Waals surface area contributed by atoms with Crippen LogP contribution in [0.1, 0.15) is 11.3 Å². The Morgan fingerprint density at radius 3 is 2.60 bits per heavy atom. The Kier molecular flexibility index (Phi) is 7.34. The van der Waals surface area contributed by atoms with Crippen molar-refractivity contribution in [3.05, 3.63) is 58.5 Å². The number of aromatic nitrogens is 1. The van der Waals surface area contributed by atoms with Gasteiger partial charge in [-0.1, -0.05) is 6.07 Å². The van der Waals surface area contributed by atoms with E-state index in [0.717, 1.165) is 11.3 Å². The second-order valence-corrected chi connectivity index (χ2v) is 6.82. The maximum Gasteiger partial charge on any atom is 0.319 e. The predicted molar refractivity (Wildman–Crippen MR) is 115 cm³/mol. The van der Waals surface area contributed by atoms with E-state index < -0.39 is 0 Å². The lowest BCUT2D eigenvalue weighted by atomic mass is 10.1. The molecule has 2 aromatic carbocycles. The minimum atomic E-state index is -0.358. The first-order valence-electron chi connectivity index (χ1n) is 9.07. The Balaban J connectivity index is 1.59. The molecule has 0 saturated carbocycles. The van der Waals surface area contributed by atoms with Crippen LogP contribution in [0.15, 0.2) is 47.3 Å². The molecule has 2 amide bonds. The second-order valence-electron chi connectivity index (χ2n) is 6.10. The van der Waals surface area contributed by atoms with Crippen LogP contribution in [0.5, 0.6) is 23.0 Å². The number of ether oxygens (including phenoxy) is 4. The minimum Gasteiger partial charge on any atom is -0.493 e. The normalized spacial score (nSPS) is 10.2. The van der Waals surface area contributed by atoms with Crippen LogP contribution in [0, 0.1) is 0 Å². The van der Waals surface area contributed by atoms with Crippen LogP contribution < -0.4 is 29.6 Å². The van der Waals surface area contributed by atoms with Gasteiger partial charge in [0.1, 0.15) is 12.4 Å². The summed E-state index contributed by atoms with van der Waals surface area (Å²) in [5, 5.41) is 7.53. The smallest absolute Gasteiger partial charge is 0.319 e. The summed E-state index contributed by atoms with van der Waals surface area (Å²) in [7, 11) is 4.63. The molecule has 8 nitrogen and oxygen atoms in total. The number of hydrogen-bond donors (Lipinski definition) is 2. The Morgan fingerprint density at radius 2 is 1.90 bits per heavy atom. The largest absolute Gasteiger partial charge is 0.493 e. The van der Waals surface area contributed by atoms with Gasteiger partial charge in [-0.25, -0.2) is 9.78 Å². The van der Waals surface area contributed by atoms with Crippen LogP contribution in [-0.4, -0.2) is 32.3 Å². The van der Waals surface area contributed by atoms with Gasteiger partial charge < -0.3 is 29.6 Å². The molecule has 0 aliphatic heterocycles. The molecule has 0 aliphatic rings. The van der Waals surface area contributed by atoms with E-state index in [1.165, 1.54) is 25.6 Å². The van der Waals surface area contributed by atoms with E-state index in [-0.39, 0.29) is 12.6 Å². The summed E-state index contributed by atoms with van der Waals surface area (Å²) in [6.45, 7) is 0.619. The average Bonchev–Trinajstić information content (AvgIpc) is 3.29. The summed E-state index contributed by atoms with van der Waals surface area (Å²) < 4.78 is 21.8. The lowest BCUT2D eigenvalue weighted by molar-refractivity contribution is 0.251. The van der Waals surface area contributed by atoms with Gasteiger partial charge in [0.15, 0.2) is 11.5 Å². The fourth-order valence-corrected chi connectivity index (χ4v) is 3.33. The molecule has 1 heterocycles. The lowest BCUT2D eigenvalue weighted by Gasteiger charge is -2.16. The number of hydrogen-bond acceptors (Lipinski definition) is 7. The maximum absolute atomic E-state index is 12.4. The van der Waals surface area contributed by atoms with Crippen molar-refractivity contribution in [3.63, 3.8) is 0 Å². The highest BCUT2D eigenvalue weighted by Crippen LogP contribution is 2.39. The zero-order chi connectivity index (χ0) is 21.3. The Hall–Kier alpha value is -3.46. The SMILES string of the molecule is COc1ccc(CNC(=O)Nc2cccc(OCc3cscn3)c2)c(OC)c1OC. The third-order valence-corrected chi connectivity index (χ3v) is 4.82. The molecule has 0 spiro atoms. The third kappa shape index (κ3) is 5.32. The van der Waals surface area contributed by atoms with Gasteiger partial charge in [-0.15, -0.1) is 11.3 Å². The van der Waals surface area contributed by atoms with Gasteiger partial charge in [0.05, 0.1) is 32.5 Å². The molecule has 1 aromatic heterocycles. The van der Waals surface area contributed by atoms with Crippen molar-refractivity contribution in [3.8, 4) is 23.0 Å². The number of amides is 2. The Bertz CT molecular complexity index is 979. The minimum absolute atomic E-state index is 0.245. The van der Waals surface area contributed by atoms with E-state index in [1.54, 1.807) is 30.8 Å². The second kappa shape index (κ2) is 10.4. The molecule has 0 fully saturated rings. The summed E-state index contributed by atoms with van der Waals surface area (Å²) in [5.41, 5.74) is 3.99. The molecule has 0 unspecified atom stereocenters. The molecule has 0 aliphatic carbocycles. The number of anilines is 1. The highest BCUT2D eigenvalue weighted by atomic mass is 32.1. The van der Waals surface area contributed by atoms with Crippen molar-refractivity contribution in [1.29, 1.82) is 0 Å². The molecule has 0 radical (unpaired) electrons. The summed E-state index contributed by atoms with van der Waals surface area (Å²) in [4.78, 5) is 16.5. The number of carbonyl (C=O) groups is 1. The fraction of sp³-hybridized carbons (Fsp3) is 0.238. The average molecular weight is 429 g/mol. The van der Waals surface area contributed by atoms with Crippen LogP contribution in [0.2, 0.25) is 0 Å². The molecule has 2 N–H and O–H groups in total. The van der Waals surface area contributed by atoms with Crippen molar-refractivity contribution >= 4 is 23.1 Å². The molecule has 3 aromatic rings. The third-order valence-electron chi connectivity index (χ3n) is 4.19. The van der Waals surface area contributed by atoms with Crippen molar-refractivity contribution in [2.45, 2.75) is 13.2 Å². The highest BCUT2D eigenvalue weighted by molar-refractivity contribution is 7.07. The van der Waals surface area contributed by atoms with Crippen LogP contribution in [-0.2, 0) is 13.2 Å². The summed E-state index contributed by atoms with van der Waals surface area (Å²) in [6, 6.07) is 10.4. The number of thiazole rings is 1. The summed E-state index contributed by atoms with van der Waals surface area (Å²) in [6.07, 6.45) is 0. The molecule has 0 atom stereocenters. The van der Waals surface area contributed by atoms with Gasteiger partial charge >= 0.3 is 6.03 Å². The quantitative estimate of drug-likeness (QED) is 0.533. The van der Waals surface area contributed by atoms with Crippen LogP contribution in [0.25, 0.3) is 0 Å². The number of urea groups is 1. The van der Waals surface area contributed by atoms with Gasteiger partial charge in [0.25, 0.3) is 0 Å². The number of carbonyl (C=O) groups excluding carboxylic acids is 1. The first kappa shape index (κ1) is 21.3. The number of benzene rings is 2. The van der Waals surface area contributed by atoms with Gasteiger partial charge in [-0.3, -0.25) is 0 Å². The maximum atomic E-state index is 12.4. The van der Waals surface area contributed by atoms with E-state index in [4.69, 9.17) is 18.9 Å². The highest BCUT2D eigenvalue weighted by Gasteiger charge is 2.16. The van der Waals surface area contributed by atoms with Crippen molar-refractivity contribution in [1.82, 2.24) is 10.3 Å². The zero-order valence-corrected chi connectivity index (χ0v) is 17.7. The van der Waals surface area contributed by atoms with Gasteiger partial charge in [0.2, 0.25) is 5.75 Å². The summed E-state index contributed by atoms with van der Waals surface area (Å²) in [5.74, 6) is 2.18. The van der Waals surface area contributed by atoms with E-state index in [9.17, 15) is 4.79 Å². The van der Waals surface area contributed by atoms with Crippen LogP contribution in [0.4, 0.5) is 10.5 Å². The van der Waals surface area contributed by atoms with E-state index >= 15 is 0 Å². The standard InChI is InChI=1S/C21H23N3O5S/c1-26-18-8-7-14(19(27-2)20(18)28-3)10-22-21(25)24-15-5-4-6-17(9-15)29-11-16-12-30-13-23-16/h4-9,12-13H,10-11H2,1-3H3,(H2,22,24,25). The van der Waals surface area contributed by atoms with Gasteiger partial charge in [-0.2, -0.15) is 0 Å². The van der Waals surface area contributed by atoms with Gasteiger partial charge in [0, 0.05) is 29.2 Å². The van der Waals surface area contributed by atoms with Crippen molar-refractivity contribution < 1.29 is 23.7 Å². The number of nitrogens with zero attached hydrogens (tertiary/aromatic N) is 1. The first-order valence-corrected chi connectivity index (χ1v) is 10.0. The number of rotatable bonds is 9. The fourth-order valence-electron chi connectivity index (χ4n) is 2.78. The lowest BCUT2D eigenvalue weighted by Crippen LogP contribution is -2.28. The van der Waals surface area contributed by atoms with Crippen LogP contribution >= 0.6 is 11.3 Å². The number of nitrogens with one attached hydrogen (secondary N) is 2. The van der Waals surface area contributed by atoms with Crippen molar-refractivity contribution in [2.75, 3.05) is 26.6 Å². The molecule has 30 heavy (non-hydrogen) atoms. The van der Waals surface area contributed by atoms with Crippen LogP contribution in [0.3, 0.4) is 0 Å². The topological polar surface area (TPSA) is 90.9 Å². The number of methoxy groups -OCH3 is 3. The monoisotopic (exact) mass is 429 g/mol. The first-order chi connectivity index (χ1) is 14.6. The molecule has 9 heteroatoms. The molecular formula is C21H23N3O5S. The molecule has 3 rings (SSSR count). The Morgan fingerprint density at radius 1 is 1.07 bits per heavy atom. The summed E-state index contributed by atoms with van der Waals surface area (Å²) >= 11 is 1.52. The van der Waals surface area contributed by atoms with E-state index in [1.807, 2.05) is 23.6 Å². The Labute approximate surface area is 178 Å². The van der Waals surface area contributed by atoms with Crippen molar-refractivity contribution in [2.24, 2.45) is 0 Å². The van der Waals surface area contributed by atoms with E-state index in [2.05, 4.69) is 15.6 Å². The predicted octanol–water partition coefficient (Wildman–Crippen LogP) is 4.07. The van der Waals surface area contributed by atoms with E-state index in [0.29, 0.717) is 35.3 Å². The van der Waals surface area contributed by atoms with Gasteiger partial charge in [-0.05, 0) is 24.3 Å². The molecule has 0 bridgehead atoms. The molecular weight excluding hydrogens is 406 g/mol. The zero-order valence-electron chi connectivity index (χ0n) is 16.9.